The van der Waals surface area contributed by atoms with E-state index in [0.29, 0.717) is 31.9 Å². The lowest BCUT2D eigenvalue weighted by molar-refractivity contribution is -0.205. The van der Waals surface area contributed by atoms with E-state index in [1.165, 1.54) is 11.8 Å². The fourth-order valence-electron chi connectivity index (χ4n) is 2.77. The molecule has 0 amide bonds. The van der Waals surface area contributed by atoms with E-state index in [9.17, 15) is 20.4 Å². The van der Waals surface area contributed by atoms with Gasteiger partial charge in [0.1, 0.15) is 35.5 Å². The molecule has 0 spiro atoms. The summed E-state index contributed by atoms with van der Waals surface area (Å²) in [6, 6.07) is 0. The normalized spacial score (nSPS) is 27.9. The molecule has 0 radical (unpaired) electrons. The zero-order valence-electron chi connectivity index (χ0n) is 15.2. The molecule has 3 rings (SSSR count). The van der Waals surface area contributed by atoms with E-state index in [1.54, 1.807) is 17.2 Å². The number of H-pyrrole nitrogens is 1. The number of ether oxygens (including phenoxy) is 2. The number of rotatable bonds is 10. The Bertz CT molecular complexity index is 700. The minimum Gasteiger partial charge on any atom is -0.394 e. The fraction of sp³-hybridized carbons (Fsp3) is 0.688. The average Bonchev–Trinajstić information content (AvgIpc) is 3.37. The van der Waals surface area contributed by atoms with Crippen molar-refractivity contribution in [1.82, 2.24) is 25.0 Å². The van der Waals surface area contributed by atoms with Gasteiger partial charge in [0, 0.05) is 12.8 Å². The first-order chi connectivity index (χ1) is 13.6. The van der Waals surface area contributed by atoms with E-state index in [4.69, 9.17) is 9.47 Å². The second-order valence-corrected chi connectivity index (χ2v) is 7.66. The predicted octanol–water partition coefficient (Wildman–Crippen LogP) is -1.51. The molecule has 1 fully saturated rings. The molecule has 2 aromatic heterocycles. The number of aliphatic hydroxyl groups is 4. The van der Waals surface area contributed by atoms with Crippen molar-refractivity contribution in [2.45, 2.75) is 49.4 Å². The molecule has 1 aliphatic rings. The molecule has 1 aliphatic heterocycles. The van der Waals surface area contributed by atoms with E-state index in [0.717, 1.165) is 11.4 Å². The van der Waals surface area contributed by atoms with Crippen molar-refractivity contribution in [3.05, 3.63) is 30.1 Å². The lowest BCUT2D eigenvalue weighted by Gasteiger charge is -2.39. The lowest BCUT2D eigenvalue weighted by atomic mass is 10.0. The second-order valence-electron chi connectivity index (χ2n) is 6.46. The predicted molar refractivity (Wildman–Crippen MR) is 98.2 cm³/mol. The van der Waals surface area contributed by atoms with Crippen molar-refractivity contribution in [2.24, 2.45) is 0 Å². The molecule has 11 nitrogen and oxygen atoms in total. The highest BCUT2D eigenvalue weighted by Crippen LogP contribution is 2.28. The number of aromatic amines is 1. The van der Waals surface area contributed by atoms with E-state index in [1.807, 2.05) is 6.20 Å². The molecule has 0 bridgehead atoms. The van der Waals surface area contributed by atoms with Crippen LogP contribution in [0.5, 0.6) is 0 Å². The summed E-state index contributed by atoms with van der Waals surface area (Å²) in [5.74, 6) is 0.620. The van der Waals surface area contributed by atoms with Gasteiger partial charge in [0.2, 0.25) is 0 Å². The van der Waals surface area contributed by atoms with Gasteiger partial charge in [-0.15, -0.1) is 16.9 Å². The number of aromatic nitrogens is 5. The first-order valence-electron chi connectivity index (χ1n) is 8.94. The highest BCUT2D eigenvalue weighted by molar-refractivity contribution is 7.99. The van der Waals surface area contributed by atoms with Crippen LogP contribution >= 0.6 is 11.8 Å². The van der Waals surface area contributed by atoms with Gasteiger partial charge >= 0.3 is 0 Å². The topological polar surface area (TPSA) is 159 Å². The number of nitrogens with zero attached hydrogens (tertiary/aromatic N) is 4. The third-order valence-corrected chi connectivity index (χ3v) is 5.53. The highest BCUT2D eigenvalue weighted by atomic mass is 32.2. The Morgan fingerprint density at radius 3 is 2.86 bits per heavy atom. The van der Waals surface area contributed by atoms with Crippen LogP contribution in [0.3, 0.4) is 0 Å². The number of thioether (sulfide) groups is 1. The highest BCUT2D eigenvalue weighted by Gasteiger charge is 2.43. The maximum Gasteiger partial charge on any atom is 0.132 e. The maximum absolute atomic E-state index is 9.97. The Morgan fingerprint density at radius 2 is 2.11 bits per heavy atom. The van der Waals surface area contributed by atoms with Crippen LogP contribution < -0.4 is 0 Å². The van der Waals surface area contributed by atoms with Gasteiger partial charge in [-0.2, -0.15) is 0 Å². The van der Waals surface area contributed by atoms with Gasteiger partial charge in [0.25, 0.3) is 0 Å². The summed E-state index contributed by atoms with van der Waals surface area (Å²) in [7, 11) is 0. The van der Waals surface area contributed by atoms with Crippen LogP contribution in [0.2, 0.25) is 0 Å². The van der Waals surface area contributed by atoms with Crippen LogP contribution in [0, 0.1) is 0 Å². The largest absolute Gasteiger partial charge is 0.394 e. The smallest absolute Gasteiger partial charge is 0.132 e. The second kappa shape index (κ2) is 10.3. The summed E-state index contributed by atoms with van der Waals surface area (Å²) < 4.78 is 12.7. The molecule has 0 saturated carbocycles. The Morgan fingerprint density at radius 1 is 1.25 bits per heavy atom. The van der Waals surface area contributed by atoms with E-state index >= 15 is 0 Å². The van der Waals surface area contributed by atoms with Gasteiger partial charge < -0.3 is 34.9 Å². The van der Waals surface area contributed by atoms with Gasteiger partial charge in [0.05, 0.1) is 38.0 Å². The molecule has 5 N–H and O–H groups in total. The van der Waals surface area contributed by atoms with Gasteiger partial charge in [-0.1, -0.05) is 5.21 Å². The number of hydrogen-bond donors (Lipinski definition) is 5. The monoisotopic (exact) mass is 415 g/mol. The van der Waals surface area contributed by atoms with Gasteiger partial charge in [-0.3, -0.25) is 0 Å². The molecule has 156 valence electrons. The van der Waals surface area contributed by atoms with E-state index < -0.39 is 36.5 Å². The number of hydrogen-bond acceptors (Lipinski definition) is 10. The Labute approximate surface area is 165 Å². The van der Waals surface area contributed by atoms with Crippen LogP contribution in [0.1, 0.15) is 17.8 Å². The van der Waals surface area contributed by atoms with E-state index in [2.05, 4.69) is 20.3 Å². The number of imidazole rings is 1. The van der Waals surface area contributed by atoms with Crippen molar-refractivity contribution in [3.63, 3.8) is 0 Å². The summed E-state index contributed by atoms with van der Waals surface area (Å²) in [5, 5.41) is 46.8. The molecule has 0 aromatic carbocycles. The molecule has 5 atom stereocenters. The van der Waals surface area contributed by atoms with Crippen LogP contribution in [0.25, 0.3) is 0 Å². The first-order valence-corrected chi connectivity index (χ1v) is 9.99. The van der Waals surface area contributed by atoms with Crippen molar-refractivity contribution in [1.29, 1.82) is 0 Å². The standard InChI is InChI=1S/C16H25N5O6S/c22-7-12-13(23)14(24)15(25)16(27-12)28-3-1-2-26-8-11-6-21(20-19-11)5-10-4-17-9-18-10/h4,6,9,12-16,22-25H,1-3,5,7-8H2,(H,17,18). The third-order valence-electron chi connectivity index (χ3n) is 4.29. The molecule has 0 aliphatic carbocycles. The quantitative estimate of drug-likeness (QED) is 0.289. The lowest BCUT2D eigenvalue weighted by Crippen LogP contribution is -2.57. The molecule has 1 saturated heterocycles. The third kappa shape index (κ3) is 5.50. The van der Waals surface area contributed by atoms with Crippen molar-refractivity contribution >= 4 is 11.8 Å². The fourth-order valence-corrected chi connectivity index (χ4v) is 3.87. The maximum atomic E-state index is 9.97. The SMILES string of the molecule is OCC1OC(SCCCOCc2cn(Cc3cnc[nH]3)nn2)C(O)C(O)C1O. The molecular formula is C16H25N5O6S. The molecule has 28 heavy (non-hydrogen) atoms. The first kappa shape index (κ1) is 21.2. The van der Waals surface area contributed by atoms with Gasteiger partial charge in [-0.05, 0) is 12.2 Å². The molecule has 2 aromatic rings. The van der Waals surface area contributed by atoms with Crippen molar-refractivity contribution in [2.75, 3.05) is 19.0 Å². The summed E-state index contributed by atoms with van der Waals surface area (Å²) >= 11 is 1.31. The van der Waals surface area contributed by atoms with Crippen LogP contribution in [-0.4, -0.2) is 94.2 Å². The Balaban J connectivity index is 1.31. The summed E-state index contributed by atoms with van der Waals surface area (Å²) in [4.78, 5) is 6.95. The number of aliphatic hydroxyl groups excluding tert-OH is 4. The van der Waals surface area contributed by atoms with Crippen molar-refractivity contribution < 1.29 is 29.9 Å². The van der Waals surface area contributed by atoms with E-state index in [-0.39, 0.29) is 0 Å². The summed E-state index contributed by atoms with van der Waals surface area (Å²) in [5.41, 5.74) is 0.946. The van der Waals surface area contributed by atoms with Gasteiger partial charge in [0.15, 0.2) is 0 Å². The molecule has 12 heteroatoms. The Hall–Kier alpha value is -1.54. The molecular weight excluding hydrogens is 390 g/mol. The number of nitrogens with one attached hydrogen (secondary N) is 1. The molecule has 5 unspecified atom stereocenters. The minimum atomic E-state index is -1.34. The average molecular weight is 415 g/mol. The van der Waals surface area contributed by atoms with Crippen LogP contribution in [0.15, 0.2) is 18.7 Å². The zero-order valence-corrected chi connectivity index (χ0v) is 16.0. The summed E-state index contributed by atoms with van der Waals surface area (Å²) in [6.45, 7) is 0.959. The Kier molecular flexibility index (Phi) is 7.79. The minimum absolute atomic E-state index is 0.341. The van der Waals surface area contributed by atoms with Crippen LogP contribution in [-0.2, 0) is 22.6 Å². The molecule has 3 heterocycles. The van der Waals surface area contributed by atoms with Gasteiger partial charge in [-0.25, -0.2) is 9.67 Å². The summed E-state index contributed by atoms with van der Waals surface area (Å²) in [6.07, 6.45) is 1.07. The van der Waals surface area contributed by atoms with Crippen molar-refractivity contribution in [3.8, 4) is 0 Å². The zero-order chi connectivity index (χ0) is 19.9. The van der Waals surface area contributed by atoms with Crippen LogP contribution in [0.4, 0.5) is 0 Å².